The number of ether oxygens (including phenoxy) is 1. The van der Waals surface area contributed by atoms with E-state index in [1.165, 1.54) is 4.90 Å². The summed E-state index contributed by atoms with van der Waals surface area (Å²) >= 11 is 0. The Labute approximate surface area is 252 Å². The summed E-state index contributed by atoms with van der Waals surface area (Å²) < 4.78 is 42.9. The van der Waals surface area contributed by atoms with E-state index in [1.54, 1.807) is 25.8 Å². The van der Waals surface area contributed by atoms with Gasteiger partial charge >= 0.3 is 22.5 Å². The maximum Gasteiger partial charge on any atom is 0.437 e. The van der Waals surface area contributed by atoms with E-state index in [1.807, 2.05) is 6.92 Å². The lowest BCUT2D eigenvalue weighted by atomic mass is 9.82. The van der Waals surface area contributed by atoms with E-state index in [4.69, 9.17) is 13.3 Å². The molecule has 13 nitrogen and oxygen atoms in total. The average molecular weight is 620 g/mol. The van der Waals surface area contributed by atoms with Gasteiger partial charge in [0.2, 0.25) is 0 Å². The molecule has 0 radical (unpaired) electrons. The Bertz CT molecular complexity index is 995. The Morgan fingerprint density at radius 3 is 2.10 bits per heavy atom. The summed E-state index contributed by atoms with van der Waals surface area (Å²) in [7, 11) is -4.66. The fraction of sp³-hybridized carbons (Fsp3) is 0.893. The average Bonchev–Trinajstić information content (AvgIpc) is 3.14. The monoisotopic (exact) mass is 619 g/mol. The van der Waals surface area contributed by atoms with Gasteiger partial charge in [0.05, 0.1) is 6.04 Å². The van der Waals surface area contributed by atoms with Crippen LogP contribution in [0.15, 0.2) is 0 Å². The van der Waals surface area contributed by atoms with Gasteiger partial charge in [0.25, 0.3) is 5.91 Å². The molecular formula is C28H53N5O8S. The first kappa shape index (κ1) is 36.0. The van der Waals surface area contributed by atoms with E-state index in [0.717, 1.165) is 69.3 Å². The lowest BCUT2D eigenvalue weighted by molar-refractivity contribution is -0.172. The van der Waals surface area contributed by atoms with Crippen LogP contribution in [0.1, 0.15) is 126 Å². The number of carbonyl (C=O) groups is 3. The molecule has 2 aliphatic heterocycles. The second kappa shape index (κ2) is 16.1. The van der Waals surface area contributed by atoms with E-state index < -0.39 is 51.7 Å². The van der Waals surface area contributed by atoms with Crippen molar-refractivity contribution in [3.8, 4) is 0 Å². The Morgan fingerprint density at radius 1 is 0.929 bits per heavy atom. The van der Waals surface area contributed by atoms with Crippen molar-refractivity contribution in [1.82, 2.24) is 25.9 Å². The molecule has 2 aliphatic rings. The van der Waals surface area contributed by atoms with Crippen LogP contribution in [-0.2, 0) is 28.5 Å². The number of hydrazine groups is 1. The zero-order valence-electron chi connectivity index (χ0n) is 26.6. The largest absolute Gasteiger partial charge is 0.443 e. The topological polar surface area (TPSA) is 147 Å². The minimum Gasteiger partial charge on any atom is -0.443 e. The molecule has 0 spiro atoms. The second-order valence-corrected chi connectivity index (χ2v) is 13.4. The normalized spacial score (nSPS) is 19.4. The quantitative estimate of drug-likeness (QED) is 0.216. The van der Waals surface area contributed by atoms with Gasteiger partial charge in [0.15, 0.2) is 0 Å². The Morgan fingerprint density at radius 2 is 1.55 bits per heavy atom. The third-order valence-electron chi connectivity index (χ3n) is 7.62. The van der Waals surface area contributed by atoms with Gasteiger partial charge in [-0.3, -0.25) is 10.2 Å². The van der Waals surface area contributed by atoms with Crippen molar-refractivity contribution in [1.29, 1.82) is 0 Å². The number of amides is 4. The first-order chi connectivity index (χ1) is 19.7. The number of nitrogens with zero attached hydrogens (tertiary/aromatic N) is 3. The number of hydrogen-bond donors (Lipinski definition) is 2. The highest BCUT2D eigenvalue weighted by Gasteiger charge is 2.50. The van der Waals surface area contributed by atoms with E-state index in [-0.39, 0.29) is 13.0 Å². The van der Waals surface area contributed by atoms with Crippen molar-refractivity contribution in [3.63, 3.8) is 0 Å². The van der Waals surface area contributed by atoms with Gasteiger partial charge in [0.1, 0.15) is 11.6 Å². The van der Waals surface area contributed by atoms with Crippen LogP contribution in [0.4, 0.5) is 9.59 Å². The molecule has 2 saturated heterocycles. The van der Waals surface area contributed by atoms with Gasteiger partial charge in [-0.25, -0.2) is 15.0 Å². The fourth-order valence-electron chi connectivity index (χ4n) is 5.61. The van der Waals surface area contributed by atoms with Crippen molar-refractivity contribution < 1.29 is 36.1 Å². The van der Waals surface area contributed by atoms with Crippen LogP contribution in [0, 0.1) is 0 Å². The molecule has 0 aromatic heterocycles. The molecule has 2 rings (SSSR count). The van der Waals surface area contributed by atoms with Crippen LogP contribution in [-0.4, -0.2) is 77.8 Å². The summed E-state index contributed by atoms with van der Waals surface area (Å²) in [6.45, 7) is 13.9. The number of rotatable bonds is 17. The molecule has 0 aromatic rings. The van der Waals surface area contributed by atoms with Crippen molar-refractivity contribution in [2.45, 2.75) is 149 Å². The minimum atomic E-state index is -4.66. The number of unbranched alkanes of at least 4 members (excludes halogenated alkanes) is 3. The fourth-order valence-corrected chi connectivity index (χ4v) is 6.47. The first-order valence-electron chi connectivity index (χ1n) is 15.5. The number of piperidine rings is 1. The molecule has 2 heterocycles. The predicted octanol–water partition coefficient (Wildman–Crippen LogP) is 4.94. The molecular weight excluding hydrogens is 566 g/mol. The van der Waals surface area contributed by atoms with Crippen LogP contribution in [0.25, 0.3) is 0 Å². The van der Waals surface area contributed by atoms with Gasteiger partial charge < -0.3 is 9.64 Å². The predicted molar refractivity (Wildman–Crippen MR) is 158 cm³/mol. The molecule has 42 heavy (non-hydrogen) atoms. The van der Waals surface area contributed by atoms with Crippen LogP contribution in [0.2, 0.25) is 0 Å². The van der Waals surface area contributed by atoms with Gasteiger partial charge in [-0.05, 0) is 59.3 Å². The highest BCUT2D eigenvalue weighted by molar-refractivity contribution is 7.81. The molecule has 14 heteroatoms. The minimum absolute atomic E-state index is 0.102. The van der Waals surface area contributed by atoms with Crippen molar-refractivity contribution in [2.24, 2.45) is 0 Å². The summed E-state index contributed by atoms with van der Waals surface area (Å²) in [6.07, 6.45) is 8.41. The Balaban J connectivity index is 2.16. The maximum absolute atomic E-state index is 13.4. The summed E-state index contributed by atoms with van der Waals surface area (Å²) in [5, 5.41) is 2.41. The zero-order chi connectivity index (χ0) is 31.6. The number of fused-ring (bicyclic) bond motifs is 2. The lowest BCUT2D eigenvalue weighted by Gasteiger charge is -2.43. The molecule has 1 unspecified atom stereocenters. The summed E-state index contributed by atoms with van der Waals surface area (Å²) in [6, 6.07) is -2.23. The van der Waals surface area contributed by atoms with Crippen LogP contribution in [0.5, 0.6) is 0 Å². The van der Waals surface area contributed by atoms with E-state index in [9.17, 15) is 22.8 Å². The molecule has 0 aliphatic carbocycles. The number of hydroxylamine groups is 4. The smallest absolute Gasteiger partial charge is 0.437 e. The van der Waals surface area contributed by atoms with E-state index in [0.29, 0.717) is 13.0 Å². The molecule has 2 N–H and O–H groups in total. The highest BCUT2D eigenvalue weighted by atomic mass is 32.3. The van der Waals surface area contributed by atoms with E-state index in [2.05, 4.69) is 31.6 Å². The Kier molecular flexibility index (Phi) is 13.8. The molecule has 2 fully saturated rings. The molecule has 2 atom stereocenters. The second-order valence-electron chi connectivity index (χ2n) is 12.3. The third-order valence-corrected chi connectivity index (χ3v) is 8.32. The SMILES string of the molecule is CCCCN(OS(=O)(=O)ON1C(=O)N2CC1CC[C@H]2C(=O)NNC(=O)OC(C)(C)C)C(CCC)(CCCC)CCCC. The van der Waals surface area contributed by atoms with Gasteiger partial charge in [-0.15, -0.1) is 4.28 Å². The van der Waals surface area contributed by atoms with Crippen LogP contribution < -0.4 is 10.9 Å². The molecule has 0 saturated carbocycles. The summed E-state index contributed by atoms with van der Waals surface area (Å²) in [5.74, 6) is -0.615. The lowest BCUT2D eigenvalue weighted by Crippen LogP contribution is -2.54. The maximum atomic E-state index is 13.4. The molecule has 2 bridgehead atoms. The number of nitrogens with one attached hydrogen (secondary N) is 2. The summed E-state index contributed by atoms with van der Waals surface area (Å²) in [4.78, 5) is 39.2. The third kappa shape index (κ3) is 10.2. The van der Waals surface area contributed by atoms with Gasteiger partial charge in [-0.2, -0.15) is 22.8 Å². The van der Waals surface area contributed by atoms with Gasteiger partial charge in [0, 0.05) is 18.6 Å². The van der Waals surface area contributed by atoms with Gasteiger partial charge in [-0.1, -0.05) is 66.2 Å². The van der Waals surface area contributed by atoms with Crippen LogP contribution >= 0.6 is 0 Å². The Hall–Kier alpha value is -2.16. The molecule has 4 amide bonds. The molecule has 0 aromatic carbocycles. The summed E-state index contributed by atoms with van der Waals surface area (Å²) in [5.41, 5.74) is 3.25. The first-order valence-corrected chi connectivity index (χ1v) is 16.9. The number of carbonyl (C=O) groups excluding carboxylic acids is 3. The number of hydrogen-bond acceptors (Lipinski definition) is 9. The van der Waals surface area contributed by atoms with Crippen LogP contribution in [0.3, 0.4) is 0 Å². The molecule has 244 valence electrons. The van der Waals surface area contributed by atoms with Crippen molar-refractivity contribution >= 4 is 28.4 Å². The van der Waals surface area contributed by atoms with E-state index >= 15 is 0 Å². The zero-order valence-corrected chi connectivity index (χ0v) is 27.4. The van der Waals surface area contributed by atoms with Crippen molar-refractivity contribution in [3.05, 3.63) is 0 Å². The van der Waals surface area contributed by atoms with Crippen molar-refractivity contribution in [2.75, 3.05) is 13.1 Å². The highest BCUT2D eigenvalue weighted by Crippen LogP contribution is 2.36. The number of urea groups is 1. The standard InChI is InChI=1S/C28H53N5O8S/c1-8-12-18-28(17-11-4,19-13-9-2)32(20-14-10-3)40-42(37,38)41-33-22-15-16-23(31(21-22)26(33)36)24(34)29-30-25(35)39-27(5,6)7/h22-23H,8-21H2,1-7H3,(H,29,34)(H,30,35)/t22?,23-/m0/s1.